The Balaban J connectivity index is 1.63. The number of nitrogens with one attached hydrogen (secondary N) is 1. The molecule has 1 N–H and O–H groups in total. The molecule has 0 aliphatic heterocycles. The summed E-state index contributed by atoms with van der Waals surface area (Å²) < 4.78 is 1.83. The van der Waals surface area contributed by atoms with Crippen molar-refractivity contribution < 1.29 is 4.79 Å². The molecule has 1 aromatic carbocycles. The van der Waals surface area contributed by atoms with Crippen molar-refractivity contribution in [1.29, 1.82) is 0 Å². The number of benzene rings is 1. The highest BCUT2D eigenvalue weighted by Gasteiger charge is 2.17. The van der Waals surface area contributed by atoms with Crippen molar-refractivity contribution in [1.82, 2.24) is 20.1 Å². The maximum atomic E-state index is 12.5. The van der Waals surface area contributed by atoms with Crippen molar-refractivity contribution in [2.45, 2.75) is 13.5 Å². The second-order valence-corrected chi connectivity index (χ2v) is 7.32. The summed E-state index contributed by atoms with van der Waals surface area (Å²) in [6.45, 7) is 2.38. The van der Waals surface area contributed by atoms with Crippen LogP contribution in [0.1, 0.15) is 20.9 Å². The highest BCUT2D eigenvalue weighted by molar-refractivity contribution is 7.20. The number of hydrogen-bond donors (Lipinski definition) is 1. The lowest BCUT2D eigenvalue weighted by atomic mass is 10.2. The molecule has 1 amide bonds. The van der Waals surface area contributed by atoms with Gasteiger partial charge in [-0.25, -0.2) is 4.68 Å². The summed E-state index contributed by atoms with van der Waals surface area (Å²) in [6.07, 6.45) is 3.45. The molecule has 7 heteroatoms. The average molecular weight is 383 g/mol. The molecule has 0 unspecified atom stereocenters. The summed E-state index contributed by atoms with van der Waals surface area (Å²) in [7, 11) is 0. The molecule has 0 spiro atoms. The van der Waals surface area contributed by atoms with Crippen molar-refractivity contribution in [2.75, 3.05) is 0 Å². The van der Waals surface area contributed by atoms with Gasteiger partial charge in [-0.1, -0.05) is 23.7 Å². The first-order valence-electron chi connectivity index (χ1n) is 8.04. The fourth-order valence-corrected chi connectivity index (χ4v) is 4.00. The van der Waals surface area contributed by atoms with E-state index >= 15 is 0 Å². The van der Waals surface area contributed by atoms with E-state index < -0.39 is 0 Å². The van der Waals surface area contributed by atoms with Gasteiger partial charge >= 0.3 is 0 Å². The van der Waals surface area contributed by atoms with Crippen molar-refractivity contribution in [3.63, 3.8) is 0 Å². The largest absolute Gasteiger partial charge is 0.347 e. The van der Waals surface area contributed by atoms with E-state index in [4.69, 9.17) is 11.6 Å². The zero-order chi connectivity index (χ0) is 18.1. The first-order valence-corrected chi connectivity index (χ1v) is 9.23. The van der Waals surface area contributed by atoms with Gasteiger partial charge in [0.2, 0.25) is 0 Å². The predicted octanol–water partition coefficient (Wildman–Crippen LogP) is 4.37. The van der Waals surface area contributed by atoms with Gasteiger partial charge in [-0.3, -0.25) is 9.78 Å². The number of aryl methyl sites for hydroxylation is 1. The number of rotatable bonds is 4. The van der Waals surface area contributed by atoms with E-state index in [1.807, 2.05) is 54.1 Å². The highest BCUT2D eigenvalue weighted by Crippen LogP contribution is 2.31. The number of carbonyl (C=O) groups is 1. The molecule has 130 valence electrons. The standard InChI is InChI=1S/C19H15ClN4OS/c1-12-16-9-17(18(25)22-11-13-4-3-7-21-10-13)26-19(16)24(23-12)15-6-2-5-14(20)8-15/h2-10H,11H2,1H3,(H,22,25). The number of carbonyl (C=O) groups excluding carboxylic acids is 1. The molecule has 0 fully saturated rings. The highest BCUT2D eigenvalue weighted by atomic mass is 35.5. The van der Waals surface area contributed by atoms with Gasteiger partial charge in [0, 0.05) is 29.3 Å². The van der Waals surface area contributed by atoms with Gasteiger partial charge in [-0.15, -0.1) is 11.3 Å². The Hall–Kier alpha value is -2.70. The number of fused-ring (bicyclic) bond motifs is 1. The first kappa shape index (κ1) is 16.8. The average Bonchev–Trinajstić information content (AvgIpc) is 3.21. The van der Waals surface area contributed by atoms with E-state index in [0.29, 0.717) is 16.4 Å². The summed E-state index contributed by atoms with van der Waals surface area (Å²) in [5.74, 6) is -0.105. The molecule has 5 nitrogen and oxygen atoms in total. The van der Waals surface area contributed by atoms with Gasteiger partial charge in [0.25, 0.3) is 5.91 Å². The van der Waals surface area contributed by atoms with Crippen molar-refractivity contribution >= 4 is 39.1 Å². The summed E-state index contributed by atoms with van der Waals surface area (Å²) in [5.41, 5.74) is 2.71. The van der Waals surface area contributed by atoms with Crippen LogP contribution in [0.2, 0.25) is 5.02 Å². The molecule has 0 atom stereocenters. The third-order valence-electron chi connectivity index (χ3n) is 4.00. The van der Waals surface area contributed by atoms with E-state index in [0.717, 1.165) is 27.2 Å². The van der Waals surface area contributed by atoms with E-state index in [1.54, 1.807) is 12.4 Å². The van der Waals surface area contributed by atoms with Crippen LogP contribution in [-0.2, 0) is 6.54 Å². The van der Waals surface area contributed by atoms with Gasteiger partial charge in [0.05, 0.1) is 16.3 Å². The van der Waals surface area contributed by atoms with Crippen LogP contribution in [0.5, 0.6) is 0 Å². The molecule has 0 aliphatic rings. The van der Waals surface area contributed by atoms with E-state index in [1.165, 1.54) is 11.3 Å². The van der Waals surface area contributed by atoms with E-state index in [-0.39, 0.29) is 5.91 Å². The molecule has 26 heavy (non-hydrogen) atoms. The number of aromatic nitrogens is 3. The zero-order valence-corrected chi connectivity index (χ0v) is 15.5. The molecule has 0 saturated carbocycles. The molecule has 3 aromatic heterocycles. The second kappa shape index (κ2) is 6.90. The van der Waals surface area contributed by atoms with Crippen molar-refractivity contribution in [3.05, 3.63) is 76.0 Å². The Morgan fingerprint density at radius 3 is 2.92 bits per heavy atom. The fourth-order valence-electron chi connectivity index (χ4n) is 2.71. The minimum atomic E-state index is -0.105. The third-order valence-corrected chi connectivity index (χ3v) is 5.34. The lowest BCUT2D eigenvalue weighted by Gasteiger charge is -2.04. The quantitative estimate of drug-likeness (QED) is 0.570. The lowest BCUT2D eigenvalue weighted by Crippen LogP contribution is -2.21. The molecule has 0 bridgehead atoms. The lowest BCUT2D eigenvalue weighted by molar-refractivity contribution is 0.0955. The van der Waals surface area contributed by atoms with Crippen LogP contribution >= 0.6 is 22.9 Å². The predicted molar refractivity (Wildman–Crippen MR) is 104 cm³/mol. The second-order valence-electron chi connectivity index (χ2n) is 5.85. The Kier molecular flexibility index (Phi) is 4.44. The van der Waals surface area contributed by atoms with Gasteiger partial charge in [0.15, 0.2) is 0 Å². The summed E-state index contributed by atoms with van der Waals surface area (Å²) in [6, 6.07) is 13.2. The Labute approximate surface area is 159 Å². The molecule has 3 heterocycles. The number of halogens is 1. The molecule has 0 radical (unpaired) electrons. The molecule has 0 saturated heterocycles. The van der Waals surface area contributed by atoms with Gasteiger partial charge in [-0.2, -0.15) is 5.10 Å². The minimum Gasteiger partial charge on any atom is -0.347 e. The van der Waals surface area contributed by atoms with Crippen LogP contribution in [0.3, 0.4) is 0 Å². The van der Waals surface area contributed by atoms with Crippen molar-refractivity contribution in [3.8, 4) is 5.69 Å². The van der Waals surface area contributed by atoms with Crippen LogP contribution in [0.4, 0.5) is 0 Å². The van der Waals surface area contributed by atoms with E-state index in [9.17, 15) is 4.79 Å². The van der Waals surface area contributed by atoms with Gasteiger partial charge < -0.3 is 5.32 Å². The minimum absolute atomic E-state index is 0.105. The van der Waals surface area contributed by atoms with Crippen LogP contribution in [0.15, 0.2) is 54.9 Å². The fraction of sp³-hybridized carbons (Fsp3) is 0.105. The summed E-state index contributed by atoms with van der Waals surface area (Å²) >= 11 is 7.52. The normalized spacial score (nSPS) is 11.0. The molecular formula is C19H15ClN4OS. The first-order chi connectivity index (χ1) is 12.6. The van der Waals surface area contributed by atoms with Gasteiger partial charge in [0.1, 0.15) is 4.83 Å². The van der Waals surface area contributed by atoms with Crippen LogP contribution in [-0.4, -0.2) is 20.7 Å². The van der Waals surface area contributed by atoms with E-state index in [2.05, 4.69) is 15.4 Å². The summed E-state index contributed by atoms with van der Waals surface area (Å²) in [4.78, 5) is 18.2. The number of pyridine rings is 1. The van der Waals surface area contributed by atoms with Gasteiger partial charge in [-0.05, 0) is 42.8 Å². The van der Waals surface area contributed by atoms with Crippen molar-refractivity contribution in [2.24, 2.45) is 0 Å². The maximum absolute atomic E-state index is 12.5. The number of thiophene rings is 1. The number of amides is 1. The monoisotopic (exact) mass is 382 g/mol. The Bertz CT molecular complexity index is 1090. The topological polar surface area (TPSA) is 59.8 Å². The number of hydrogen-bond acceptors (Lipinski definition) is 4. The Morgan fingerprint density at radius 1 is 1.27 bits per heavy atom. The molecule has 0 aliphatic carbocycles. The van der Waals surface area contributed by atoms with Crippen LogP contribution in [0, 0.1) is 6.92 Å². The van der Waals surface area contributed by atoms with Crippen LogP contribution in [0.25, 0.3) is 15.9 Å². The zero-order valence-electron chi connectivity index (χ0n) is 13.9. The van der Waals surface area contributed by atoms with Crippen LogP contribution < -0.4 is 5.32 Å². The SMILES string of the molecule is Cc1nn(-c2cccc(Cl)c2)c2sc(C(=O)NCc3cccnc3)cc12. The number of nitrogens with zero attached hydrogens (tertiary/aromatic N) is 3. The maximum Gasteiger partial charge on any atom is 0.261 e. The molecule has 4 aromatic rings. The third kappa shape index (κ3) is 3.21. The smallest absolute Gasteiger partial charge is 0.261 e. The Morgan fingerprint density at radius 2 is 2.15 bits per heavy atom. The summed E-state index contributed by atoms with van der Waals surface area (Å²) in [5, 5.41) is 9.14. The molecule has 4 rings (SSSR count). The molecular weight excluding hydrogens is 368 g/mol.